The number of para-hydroxylation sites is 2. The van der Waals surface area contributed by atoms with Gasteiger partial charge >= 0.3 is 6.09 Å². The predicted octanol–water partition coefficient (Wildman–Crippen LogP) is 3.87. The maximum absolute atomic E-state index is 11.8. The molecule has 2 aromatic carbocycles. The highest BCUT2D eigenvalue weighted by molar-refractivity contribution is 5.86. The van der Waals surface area contributed by atoms with Crippen LogP contribution in [0.15, 0.2) is 48.5 Å². The Morgan fingerprint density at radius 2 is 1.70 bits per heavy atom. The minimum Gasteiger partial charge on any atom is -0.493 e. The highest BCUT2D eigenvalue weighted by atomic mass is 16.6. The van der Waals surface area contributed by atoms with E-state index in [2.05, 4.69) is 12.2 Å². The minimum atomic E-state index is -0.543. The van der Waals surface area contributed by atoms with Crippen molar-refractivity contribution in [2.75, 3.05) is 12.4 Å². The summed E-state index contributed by atoms with van der Waals surface area (Å²) in [6.07, 6.45) is 0.421. The molecule has 4 heteroatoms. The summed E-state index contributed by atoms with van der Waals surface area (Å²) in [4.78, 5) is 11.8. The highest BCUT2D eigenvalue weighted by Crippen LogP contribution is 2.26. The second-order valence-electron chi connectivity index (χ2n) is 4.22. The van der Waals surface area contributed by atoms with Crippen LogP contribution in [0.2, 0.25) is 0 Å². The van der Waals surface area contributed by atoms with Gasteiger partial charge in [0.1, 0.15) is 0 Å². The molecule has 0 heterocycles. The number of anilines is 1. The molecule has 0 atom stereocenters. The van der Waals surface area contributed by atoms with Crippen LogP contribution in [0.5, 0.6) is 11.5 Å². The van der Waals surface area contributed by atoms with Gasteiger partial charge in [-0.2, -0.15) is 0 Å². The lowest BCUT2D eigenvalue weighted by molar-refractivity contribution is 0.213. The van der Waals surface area contributed by atoms with E-state index in [0.29, 0.717) is 17.2 Å². The fourth-order valence-electron chi connectivity index (χ4n) is 1.77. The Labute approximate surface area is 118 Å². The zero-order valence-electron chi connectivity index (χ0n) is 11.6. The molecule has 0 aliphatic carbocycles. The summed E-state index contributed by atoms with van der Waals surface area (Å²) in [6, 6.07) is 14.6. The van der Waals surface area contributed by atoms with Crippen LogP contribution in [0, 0.1) is 0 Å². The first-order valence-corrected chi connectivity index (χ1v) is 6.43. The van der Waals surface area contributed by atoms with Crippen molar-refractivity contribution >= 4 is 11.8 Å². The van der Waals surface area contributed by atoms with Gasteiger partial charge in [0, 0.05) is 5.69 Å². The molecule has 0 unspecified atom stereocenters. The molecule has 0 spiro atoms. The molecule has 2 rings (SSSR count). The number of nitrogens with one attached hydrogen (secondary N) is 1. The third-order valence-electron chi connectivity index (χ3n) is 2.88. The van der Waals surface area contributed by atoms with Crippen LogP contribution in [-0.4, -0.2) is 13.2 Å². The second kappa shape index (κ2) is 6.61. The maximum Gasteiger partial charge on any atom is 0.417 e. The number of hydrogen-bond acceptors (Lipinski definition) is 3. The Morgan fingerprint density at radius 1 is 1.05 bits per heavy atom. The number of ether oxygens (including phenoxy) is 2. The SMILES string of the molecule is CCc1ccc(NC(=O)Oc2ccccc2OC)cc1. The normalized spacial score (nSPS) is 9.90. The van der Waals surface area contributed by atoms with Crippen molar-refractivity contribution in [2.45, 2.75) is 13.3 Å². The van der Waals surface area contributed by atoms with Gasteiger partial charge in [-0.05, 0) is 36.2 Å². The first-order valence-electron chi connectivity index (χ1n) is 6.43. The first kappa shape index (κ1) is 13.9. The first-order chi connectivity index (χ1) is 9.72. The van der Waals surface area contributed by atoms with Crippen molar-refractivity contribution in [3.05, 3.63) is 54.1 Å². The molecule has 1 N–H and O–H groups in total. The second-order valence-corrected chi connectivity index (χ2v) is 4.22. The van der Waals surface area contributed by atoms with E-state index in [0.717, 1.165) is 6.42 Å². The van der Waals surface area contributed by atoms with Crippen LogP contribution in [0.3, 0.4) is 0 Å². The van der Waals surface area contributed by atoms with E-state index >= 15 is 0 Å². The van der Waals surface area contributed by atoms with Gasteiger partial charge < -0.3 is 9.47 Å². The number of amides is 1. The lowest BCUT2D eigenvalue weighted by atomic mass is 10.1. The number of benzene rings is 2. The molecule has 0 aliphatic rings. The fraction of sp³-hybridized carbons (Fsp3) is 0.188. The number of methoxy groups -OCH3 is 1. The summed E-state index contributed by atoms with van der Waals surface area (Å²) in [5.41, 5.74) is 1.91. The Kier molecular flexibility index (Phi) is 4.60. The van der Waals surface area contributed by atoms with Crippen LogP contribution < -0.4 is 14.8 Å². The van der Waals surface area contributed by atoms with E-state index < -0.39 is 6.09 Å². The Morgan fingerprint density at radius 3 is 2.30 bits per heavy atom. The quantitative estimate of drug-likeness (QED) is 0.918. The highest BCUT2D eigenvalue weighted by Gasteiger charge is 2.09. The Balaban J connectivity index is 2.01. The molecule has 0 radical (unpaired) electrons. The van der Waals surface area contributed by atoms with Crippen LogP contribution in [0.25, 0.3) is 0 Å². The summed E-state index contributed by atoms with van der Waals surface area (Å²) in [7, 11) is 1.53. The number of carbonyl (C=O) groups is 1. The zero-order chi connectivity index (χ0) is 14.4. The lowest BCUT2D eigenvalue weighted by Gasteiger charge is -2.10. The average Bonchev–Trinajstić information content (AvgIpc) is 2.48. The number of carbonyl (C=O) groups excluding carboxylic acids is 1. The third-order valence-corrected chi connectivity index (χ3v) is 2.88. The van der Waals surface area contributed by atoms with Gasteiger partial charge in [0.25, 0.3) is 0 Å². The molecule has 20 heavy (non-hydrogen) atoms. The molecule has 0 fully saturated rings. The molecular weight excluding hydrogens is 254 g/mol. The number of hydrogen-bond donors (Lipinski definition) is 1. The monoisotopic (exact) mass is 271 g/mol. The predicted molar refractivity (Wildman–Crippen MR) is 78.5 cm³/mol. The van der Waals surface area contributed by atoms with Gasteiger partial charge in [0.05, 0.1) is 7.11 Å². The average molecular weight is 271 g/mol. The lowest BCUT2D eigenvalue weighted by Crippen LogP contribution is -2.17. The molecule has 4 nitrogen and oxygen atoms in total. The fourth-order valence-corrected chi connectivity index (χ4v) is 1.77. The molecule has 0 bridgehead atoms. The van der Waals surface area contributed by atoms with Gasteiger partial charge in [-0.3, -0.25) is 5.32 Å². The summed E-state index contributed by atoms with van der Waals surface area (Å²) in [5, 5.41) is 2.68. The molecule has 0 saturated carbocycles. The van der Waals surface area contributed by atoms with Crippen LogP contribution in [0.4, 0.5) is 10.5 Å². The van der Waals surface area contributed by atoms with Crippen molar-refractivity contribution in [3.63, 3.8) is 0 Å². The summed E-state index contributed by atoms with van der Waals surface area (Å²) in [5.74, 6) is 0.904. The van der Waals surface area contributed by atoms with Crippen molar-refractivity contribution in [1.29, 1.82) is 0 Å². The van der Waals surface area contributed by atoms with Gasteiger partial charge in [-0.15, -0.1) is 0 Å². The van der Waals surface area contributed by atoms with E-state index in [1.54, 1.807) is 18.2 Å². The van der Waals surface area contributed by atoms with E-state index in [4.69, 9.17) is 9.47 Å². The van der Waals surface area contributed by atoms with Crippen molar-refractivity contribution in [2.24, 2.45) is 0 Å². The van der Waals surface area contributed by atoms with Crippen molar-refractivity contribution in [1.82, 2.24) is 0 Å². The molecular formula is C16H17NO3. The molecule has 1 amide bonds. The molecule has 0 saturated heterocycles. The van der Waals surface area contributed by atoms with Crippen molar-refractivity contribution < 1.29 is 14.3 Å². The zero-order valence-corrected chi connectivity index (χ0v) is 11.6. The van der Waals surface area contributed by atoms with Crippen LogP contribution >= 0.6 is 0 Å². The van der Waals surface area contributed by atoms with E-state index in [9.17, 15) is 4.79 Å². The molecule has 0 aromatic heterocycles. The Bertz CT molecular complexity index is 579. The molecule has 104 valence electrons. The summed E-state index contributed by atoms with van der Waals surface area (Å²) < 4.78 is 10.3. The summed E-state index contributed by atoms with van der Waals surface area (Å²) in [6.45, 7) is 2.08. The van der Waals surface area contributed by atoms with Crippen LogP contribution in [-0.2, 0) is 6.42 Å². The maximum atomic E-state index is 11.8. The minimum absolute atomic E-state index is 0.387. The molecule has 0 aliphatic heterocycles. The van der Waals surface area contributed by atoms with Gasteiger partial charge in [0.2, 0.25) is 0 Å². The van der Waals surface area contributed by atoms with Gasteiger partial charge in [-0.25, -0.2) is 4.79 Å². The molecule has 2 aromatic rings. The summed E-state index contributed by atoms with van der Waals surface area (Å²) >= 11 is 0. The third kappa shape index (κ3) is 3.51. The number of rotatable bonds is 4. The van der Waals surface area contributed by atoms with E-state index in [1.165, 1.54) is 12.7 Å². The van der Waals surface area contributed by atoms with Gasteiger partial charge in [-0.1, -0.05) is 31.2 Å². The standard InChI is InChI=1S/C16H17NO3/c1-3-12-8-10-13(11-9-12)17-16(18)20-15-7-5-4-6-14(15)19-2/h4-11H,3H2,1-2H3,(H,17,18). The van der Waals surface area contributed by atoms with E-state index in [1.807, 2.05) is 30.3 Å². The smallest absolute Gasteiger partial charge is 0.417 e. The van der Waals surface area contributed by atoms with E-state index in [-0.39, 0.29) is 0 Å². The van der Waals surface area contributed by atoms with Gasteiger partial charge in [0.15, 0.2) is 11.5 Å². The topological polar surface area (TPSA) is 47.6 Å². The largest absolute Gasteiger partial charge is 0.493 e. The number of aryl methyl sites for hydroxylation is 1. The Hall–Kier alpha value is -2.49. The van der Waals surface area contributed by atoms with Crippen LogP contribution in [0.1, 0.15) is 12.5 Å². The van der Waals surface area contributed by atoms with Crippen molar-refractivity contribution in [3.8, 4) is 11.5 Å².